The SMILES string of the molecule is COc1cc(OC)cc(Oc2c(N)c(C)nn2C)c1. The number of rotatable bonds is 4. The Morgan fingerprint density at radius 3 is 2.00 bits per heavy atom. The molecule has 0 fully saturated rings. The molecule has 0 aliphatic heterocycles. The molecule has 0 aliphatic rings. The summed E-state index contributed by atoms with van der Waals surface area (Å²) in [5.41, 5.74) is 7.17. The molecule has 0 atom stereocenters. The van der Waals surface area contributed by atoms with Crippen LogP contribution in [0.4, 0.5) is 5.69 Å². The van der Waals surface area contributed by atoms with E-state index in [9.17, 15) is 0 Å². The zero-order chi connectivity index (χ0) is 14.0. The third kappa shape index (κ3) is 2.57. The summed E-state index contributed by atoms with van der Waals surface area (Å²) in [5.74, 6) is 2.36. The fraction of sp³-hybridized carbons (Fsp3) is 0.308. The molecule has 0 aliphatic carbocycles. The molecule has 0 unspecified atom stereocenters. The fourth-order valence-corrected chi connectivity index (χ4v) is 1.73. The van der Waals surface area contributed by atoms with E-state index in [0.717, 1.165) is 5.69 Å². The van der Waals surface area contributed by atoms with Gasteiger partial charge in [0, 0.05) is 25.2 Å². The Morgan fingerprint density at radius 1 is 1.05 bits per heavy atom. The standard InChI is InChI=1S/C13H17N3O3/c1-8-12(14)13(16(2)15-8)19-11-6-9(17-3)5-10(7-11)18-4/h5-7H,14H2,1-4H3. The van der Waals surface area contributed by atoms with Crippen LogP contribution in [0.2, 0.25) is 0 Å². The molecular weight excluding hydrogens is 246 g/mol. The van der Waals surface area contributed by atoms with Crippen molar-refractivity contribution in [1.82, 2.24) is 9.78 Å². The largest absolute Gasteiger partial charge is 0.496 e. The lowest BCUT2D eigenvalue weighted by Gasteiger charge is -2.10. The van der Waals surface area contributed by atoms with Gasteiger partial charge in [-0.25, -0.2) is 4.68 Å². The Labute approximate surface area is 111 Å². The Kier molecular flexibility index (Phi) is 3.50. The van der Waals surface area contributed by atoms with Crippen LogP contribution in [-0.4, -0.2) is 24.0 Å². The first kappa shape index (κ1) is 13.1. The number of nitrogens with zero attached hydrogens (tertiary/aromatic N) is 2. The van der Waals surface area contributed by atoms with Crippen molar-refractivity contribution in [3.8, 4) is 23.1 Å². The zero-order valence-corrected chi connectivity index (χ0v) is 11.4. The van der Waals surface area contributed by atoms with Crippen LogP contribution in [0, 0.1) is 6.92 Å². The van der Waals surface area contributed by atoms with Crippen LogP contribution in [0.15, 0.2) is 18.2 Å². The normalized spacial score (nSPS) is 10.3. The maximum absolute atomic E-state index is 5.92. The third-order valence-electron chi connectivity index (χ3n) is 2.75. The molecular formula is C13H17N3O3. The van der Waals surface area contributed by atoms with Gasteiger partial charge in [-0.05, 0) is 6.92 Å². The number of hydrogen-bond acceptors (Lipinski definition) is 5. The average molecular weight is 263 g/mol. The first-order valence-electron chi connectivity index (χ1n) is 5.75. The van der Waals surface area contributed by atoms with Gasteiger partial charge in [-0.15, -0.1) is 0 Å². The molecule has 1 aromatic carbocycles. The highest BCUT2D eigenvalue weighted by atomic mass is 16.5. The van der Waals surface area contributed by atoms with Crippen molar-refractivity contribution in [3.63, 3.8) is 0 Å². The minimum Gasteiger partial charge on any atom is -0.496 e. The second kappa shape index (κ2) is 5.09. The first-order chi connectivity index (χ1) is 9.05. The van der Waals surface area contributed by atoms with Gasteiger partial charge in [0.2, 0.25) is 5.88 Å². The van der Waals surface area contributed by atoms with E-state index in [2.05, 4.69) is 5.10 Å². The summed E-state index contributed by atoms with van der Waals surface area (Å²) in [6.07, 6.45) is 0. The zero-order valence-electron chi connectivity index (χ0n) is 11.4. The molecule has 2 rings (SSSR count). The average Bonchev–Trinajstić information content (AvgIpc) is 2.65. The number of aromatic nitrogens is 2. The summed E-state index contributed by atoms with van der Waals surface area (Å²) in [4.78, 5) is 0. The predicted molar refractivity (Wildman–Crippen MR) is 72.0 cm³/mol. The first-order valence-corrected chi connectivity index (χ1v) is 5.75. The number of aryl methyl sites for hydroxylation is 2. The number of hydrogen-bond donors (Lipinski definition) is 1. The molecule has 19 heavy (non-hydrogen) atoms. The summed E-state index contributed by atoms with van der Waals surface area (Å²) in [7, 11) is 4.94. The lowest BCUT2D eigenvalue weighted by molar-refractivity contribution is 0.381. The summed E-state index contributed by atoms with van der Waals surface area (Å²) in [6, 6.07) is 5.28. The van der Waals surface area contributed by atoms with Gasteiger partial charge in [0.25, 0.3) is 0 Å². The molecule has 102 valence electrons. The molecule has 2 aromatic rings. The van der Waals surface area contributed by atoms with E-state index in [1.165, 1.54) is 0 Å². The number of benzene rings is 1. The van der Waals surface area contributed by atoms with Crippen molar-refractivity contribution in [2.24, 2.45) is 7.05 Å². The smallest absolute Gasteiger partial charge is 0.241 e. The van der Waals surface area contributed by atoms with Gasteiger partial charge in [0.1, 0.15) is 22.9 Å². The molecule has 6 nitrogen and oxygen atoms in total. The van der Waals surface area contributed by atoms with Crippen molar-refractivity contribution in [2.75, 3.05) is 20.0 Å². The molecule has 2 N–H and O–H groups in total. The van der Waals surface area contributed by atoms with Gasteiger partial charge < -0.3 is 19.9 Å². The van der Waals surface area contributed by atoms with Crippen LogP contribution in [0.1, 0.15) is 5.69 Å². The summed E-state index contributed by atoms with van der Waals surface area (Å²) < 4.78 is 17.7. The molecule has 1 aromatic heterocycles. The van der Waals surface area contributed by atoms with Crippen LogP contribution in [0.25, 0.3) is 0 Å². The molecule has 0 saturated heterocycles. The van der Waals surface area contributed by atoms with E-state index in [0.29, 0.717) is 28.8 Å². The van der Waals surface area contributed by atoms with Crippen molar-refractivity contribution in [2.45, 2.75) is 6.92 Å². The van der Waals surface area contributed by atoms with E-state index >= 15 is 0 Å². The maximum Gasteiger partial charge on any atom is 0.241 e. The monoisotopic (exact) mass is 263 g/mol. The van der Waals surface area contributed by atoms with E-state index in [-0.39, 0.29) is 0 Å². The van der Waals surface area contributed by atoms with Gasteiger partial charge in [0.15, 0.2) is 0 Å². The summed E-state index contributed by atoms with van der Waals surface area (Å²) in [5, 5.41) is 4.20. The molecule has 0 amide bonds. The topological polar surface area (TPSA) is 71.5 Å². The lowest BCUT2D eigenvalue weighted by atomic mass is 10.3. The van der Waals surface area contributed by atoms with Crippen molar-refractivity contribution < 1.29 is 14.2 Å². The highest BCUT2D eigenvalue weighted by Gasteiger charge is 2.13. The molecule has 6 heteroatoms. The number of methoxy groups -OCH3 is 2. The van der Waals surface area contributed by atoms with Gasteiger partial charge in [0.05, 0.1) is 19.9 Å². The van der Waals surface area contributed by atoms with Crippen molar-refractivity contribution in [3.05, 3.63) is 23.9 Å². The van der Waals surface area contributed by atoms with E-state index in [4.69, 9.17) is 19.9 Å². The van der Waals surface area contributed by atoms with Gasteiger partial charge >= 0.3 is 0 Å². The number of anilines is 1. The summed E-state index contributed by atoms with van der Waals surface area (Å²) in [6.45, 7) is 1.83. The number of ether oxygens (including phenoxy) is 3. The Morgan fingerprint density at radius 2 is 1.58 bits per heavy atom. The third-order valence-corrected chi connectivity index (χ3v) is 2.75. The van der Waals surface area contributed by atoms with E-state index in [1.807, 2.05) is 6.92 Å². The van der Waals surface area contributed by atoms with E-state index in [1.54, 1.807) is 44.1 Å². The van der Waals surface area contributed by atoms with E-state index < -0.39 is 0 Å². The number of nitrogens with two attached hydrogens (primary N) is 1. The number of nitrogen functional groups attached to an aromatic ring is 1. The van der Waals surface area contributed by atoms with Crippen LogP contribution in [0.5, 0.6) is 23.1 Å². The van der Waals surface area contributed by atoms with Gasteiger partial charge in [-0.2, -0.15) is 5.10 Å². The molecule has 0 radical (unpaired) electrons. The second-order valence-corrected chi connectivity index (χ2v) is 4.08. The Bertz CT molecular complexity index is 571. The van der Waals surface area contributed by atoms with Gasteiger partial charge in [-0.1, -0.05) is 0 Å². The van der Waals surface area contributed by atoms with Gasteiger partial charge in [-0.3, -0.25) is 0 Å². The Hall–Kier alpha value is -2.37. The van der Waals surface area contributed by atoms with Crippen molar-refractivity contribution >= 4 is 5.69 Å². The molecule has 0 spiro atoms. The molecule has 0 bridgehead atoms. The van der Waals surface area contributed by atoms with Crippen LogP contribution >= 0.6 is 0 Å². The summed E-state index contributed by atoms with van der Waals surface area (Å²) >= 11 is 0. The Balaban J connectivity index is 2.37. The van der Waals surface area contributed by atoms with Crippen LogP contribution < -0.4 is 19.9 Å². The highest BCUT2D eigenvalue weighted by molar-refractivity contribution is 5.54. The highest BCUT2D eigenvalue weighted by Crippen LogP contribution is 2.33. The lowest BCUT2D eigenvalue weighted by Crippen LogP contribution is -1.98. The minimum absolute atomic E-state index is 0.493. The predicted octanol–water partition coefficient (Wildman–Crippen LogP) is 2.12. The minimum atomic E-state index is 0.493. The van der Waals surface area contributed by atoms with Crippen LogP contribution in [0.3, 0.4) is 0 Å². The van der Waals surface area contributed by atoms with Crippen molar-refractivity contribution in [1.29, 1.82) is 0 Å². The maximum atomic E-state index is 5.92. The molecule has 0 saturated carbocycles. The van der Waals surface area contributed by atoms with Crippen LogP contribution in [-0.2, 0) is 7.05 Å². The second-order valence-electron chi connectivity index (χ2n) is 4.08. The quantitative estimate of drug-likeness (QED) is 0.914. The fourth-order valence-electron chi connectivity index (χ4n) is 1.73. The molecule has 1 heterocycles.